The van der Waals surface area contributed by atoms with E-state index in [2.05, 4.69) is 24.1 Å². The Kier molecular flexibility index (Phi) is 6.27. The number of carbonyl (C=O) groups is 1. The summed E-state index contributed by atoms with van der Waals surface area (Å²) in [6.07, 6.45) is 4.60. The molecule has 0 aromatic carbocycles. The molecular formula is C15H31N3O. The fourth-order valence-corrected chi connectivity index (χ4v) is 2.52. The molecule has 1 amide bonds. The largest absolute Gasteiger partial charge is 0.368 e. The van der Waals surface area contributed by atoms with Crippen molar-refractivity contribution in [3.8, 4) is 0 Å². The van der Waals surface area contributed by atoms with Crippen molar-refractivity contribution >= 4 is 5.91 Å². The van der Waals surface area contributed by atoms with Crippen molar-refractivity contribution in [1.29, 1.82) is 0 Å². The van der Waals surface area contributed by atoms with Crippen LogP contribution in [0.25, 0.3) is 0 Å². The Balaban J connectivity index is 2.38. The van der Waals surface area contributed by atoms with Crippen LogP contribution < -0.4 is 11.1 Å². The molecule has 0 heterocycles. The lowest BCUT2D eigenvalue weighted by Crippen LogP contribution is -2.53. The summed E-state index contributed by atoms with van der Waals surface area (Å²) in [6, 6.07) is 0.583. The smallest absolute Gasteiger partial charge is 0.237 e. The van der Waals surface area contributed by atoms with Crippen LogP contribution in [0.3, 0.4) is 0 Å². The van der Waals surface area contributed by atoms with Crippen LogP contribution in [0.4, 0.5) is 0 Å². The summed E-state index contributed by atoms with van der Waals surface area (Å²) in [5.41, 5.74) is 4.95. The molecule has 1 fully saturated rings. The molecule has 0 bridgehead atoms. The first-order valence-electron chi connectivity index (χ1n) is 7.68. The van der Waals surface area contributed by atoms with E-state index in [4.69, 9.17) is 5.73 Å². The molecule has 1 saturated carbocycles. The summed E-state index contributed by atoms with van der Waals surface area (Å²) >= 11 is 0. The summed E-state index contributed by atoms with van der Waals surface area (Å²) in [7, 11) is 0. The Bertz CT molecular complexity index is 289. The molecule has 0 radical (unpaired) electrons. The van der Waals surface area contributed by atoms with Gasteiger partial charge < -0.3 is 16.0 Å². The summed E-state index contributed by atoms with van der Waals surface area (Å²) in [5, 5.41) is 3.22. The Labute approximate surface area is 118 Å². The van der Waals surface area contributed by atoms with Crippen LogP contribution in [0, 0.1) is 5.92 Å². The minimum absolute atomic E-state index is 0.243. The van der Waals surface area contributed by atoms with Crippen LogP contribution in [0.15, 0.2) is 0 Å². The number of carbonyl (C=O) groups excluding carboxylic acids is 1. The molecule has 1 aliphatic carbocycles. The molecule has 0 spiro atoms. The molecule has 0 aromatic rings. The maximum atomic E-state index is 11.6. The number of nitrogens with two attached hydrogens (primary N) is 1. The summed E-state index contributed by atoms with van der Waals surface area (Å²) in [6.45, 7) is 11.5. The van der Waals surface area contributed by atoms with E-state index in [0.29, 0.717) is 6.04 Å². The first kappa shape index (κ1) is 16.4. The number of likely N-dealkylation sites (N-methyl/N-ethyl adjacent to an activating group) is 1. The highest BCUT2D eigenvalue weighted by molar-refractivity contribution is 5.84. The highest BCUT2D eigenvalue weighted by Crippen LogP contribution is 2.30. The quantitative estimate of drug-likeness (QED) is 0.635. The molecule has 3 N–H and O–H groups in total. The van der Waals surface area contributed by atoms with Gasteiger partial charge in [0.05, 0.1) is 5.54 Å². The lowest BCUT2D eigenvalue weighted by Gasteiger charge is -2.30. The number of hydrogen-bond acceptors (Lipinski definition) is 3. The third-order valence-corrected chi connectivity index (χ3v) is 4.15. The molecule has 4 heteroatoms. The van der Waals surface area contributed by atoms with Gasteiger partial charge in [0.15, 0.2) is 0 Å². The normalized spacial score (nSPS) is 18.8. The van der Waals surface area contributed by atoms with Crippen molar-refractivity contribution in [2.75, 3.05) is 19.6 Å². The van der Waals surface area contributed by atoms with Crippen molar-refractivity contribution in [2.45, 2.75) is 65.0 Å². The molecule has 0 aromatic heterocycles. The zero-order chi connectivity index (χ0) is 14.5. The van der Waals surface area contributed by atoms with Crippen LogP contribution in [0.2, 0.25) is 0 Å². The lowest BCUT2D eigenvalue weighted by molar-refractivity contribution is -0.124. The molecule has 0 aliphatic heterocycles. The first-order chi connectivity index (χ1) is 8.89. The van der Waals surface area contributed by atoms with Gasteiger partial charge in [-0.15, -0.1) is 0 Å². The lowest BCUT2D eigenvalue weighted by atomic mass is 9.94. The van der Waals surface area contributed by atoms with Gasteiger partial charge in [0, 0.05) is 12.6 Å². The van der Waals surface area contributed by atoms with Gasteiger partial charge in [-0.1, -0.05) is 6.92 Å². The Morgan fingerprint density at radius 1 is 1.47 bits per heavy atom. The predicted octanol–water partition coefficient (Wildman–Crippen LogP) is 1.74. The molecular weight excluding hydrogens is 238 g/mol. The van der Waals surface area contributed by atoms with Gasteiger partial charge in [-0.05, 0) is 65.5 Å². The summed E-state index contributed by atoms with van der Waals surface area (Å²) < 4.78 is 0. The van der Waals surface area contributed by atoms with E-state index in [-0.39, 0.29) is 5.91 Å². The number of amides is 1. The SMILES string of the molecule is CCNC(C)(CCCN(CC1CC1)C(C)C)C(N)=O. The third-order valence-electron chi connectivity index (χ3n) is 4.15. The Morgan fingerprint density at radius 2 is 2.11 bits per heavy atom. The van der Waals surface area contributed by atoms with Gasteiger partial charge >= 0.3 is 0 Å². The Hall–Kier alpha value is -0.610. The standard InChI is InChI=1S/C15H31N3O/c1-5-17-15(4,14(16)19)9-6-10-18(12(2)3)11-13-7-8-13/h12-13,17H,5-11H2,1-4H3,(H2,16,19). The fourth-order valence-electron chi connectivity index (χ4n) is 2.52. The van der Waals surface area contributed by atoms with Crippen LogP contribution in [0.1, 0.15) is 53.4 Å². The maximum Gasteiger partial charge on any atom is 0.237 e. The minimum atomic E-state index is -0.559. The van der Waals surface area contributed by atoms with E-state index < -0.39 is 5.54 Å². The van der Waals surface area contributed by atoms with E-state index >= 15 is 0 Å². The maximum absolute atomic E-state index is 11.6. The number of hydrogen-bond donors (Lipinski definition) is 2. The average Bonchev–Trinajstić information content (AvgIpc) is 3.11. The number of rotatable bonds is 10. The van der Waals surface area contributed by atoms with Crippen LogP contribution in [0.5, 0.6) is 0 Å². The van der Waals surface area contributed by atoms with Crippen molar-refractivity contribution in [1.82, 2.24) is 10.2 Å². The van der Waals surface area contributed by atoms with Gasteiger partial charge in [-0.25, -0.2) is 0 Å². The first-order valence-corrected chi connectivity index (χ1v) is 7.68. The molecule has 19 heavy (non-hydrogen) atoms. The van der Waals surface area contributed by atoms with Gasteiger partial charge in [-0.3, -0.25) is 4.79 Å². The van der Waals surface area contributed by atoms with E-state index in [1.54, 1.807) is 0 Å². The van der Waals surface area contributed by atoms with E-state index in [1.807, 2.05) is 13.8 Å². The zero-order valence-corrected chi connectivity index (χ0v) is 13.0. The molecule has 112 valence electrons. The van der Waals surface area contributed by atoms with Gasteiger partial charge in [0.2, 0.25) is 5.91 Å². The second-order valence-corrected chi connectivity index (χ2v) is 6.36. The van der Waals surface area contributed by atoms with E-state index in [9.17, 15) is 4.79 Å². The highest BCUT2D eigenvalue weighted by atomic mass is 16.1. The Morgan fingerprint density at radius 3 is 2.53 bits per heavy atom. The van der Waals surface area contributed by atoms with Crippen LogP contribution in [-0.2, 0) is 4.79 Å². The molecule has 4 nitrogen and oxygen atoms in total. The van der Waals surface area contributed by atoms with E-state index in [0.717, 1.165) is 31.8 Å². The topological polar surface area (TPSA) is 58.4 Å². The zero-order valence-electron chi connectivity index (χ0n) is 13.0. The number of nitrogens with zero attached hydrogens (tertiary/aromatic N) is 1. The molecule has 1 atom stereocenters. The van der Waals surface area contributed by atoms with E-state index in [1.165, 1.54) is 19.4 Å². The van der Waals surface area contributed by atoms with Gasteiger partial charge in [-0.2, -0.15) is 0 Å². The monoisotopic (exact) mass is 269 g/mol. The second kappa shape index (κ2) is 7.25. The molecule has 1 rings (SSSR count). The summed E-state index contributed by atoms with van der Waals surface area (Å²) in [4.78, 5) is 14.1. The van der Waals surface area contributed by atoms with Crippen molar-refractivity contribution in [3.05, 3.63) is 0 Å². The second-order valence-electron chi connectivity index (χ2n) is 6.36. The molecule has 1 unspecified atom stereocenters. The third kappa shape index (κ3) is 5.49. The van der Waals surface area contributed by atoms with Crippen molar-refractivity contribution in [2.24, 2.45) is 11.7 Å². The van der Waals surface area contributed by atoms with Crippen LogP contribution in [-0.4, -0.2) is 42.0 Å². The number of nitrogens with one attached hydrogen (secondary N) is 1. The fraction of sp³-hybridized carbons (Fsp3) is 0.933. The van der Waals surface area contributed by atoms with Gasteiger partial charge in [0.25, 0.3) is 0 Å². The highest BCUT2D eigenvalue weighted by Gasteiger charge is 2.30. The van der Waals surface area contributed by atoms with Crippen molar-refractivity contribution in [3.63, 3.8) is 0 Å². The van der Waals surface area contributed by atoms with Gasteiger partial charge in [0.1, 0.15) is 0 Å². The predicted molar refractivity (Wildman–Crippen MR) is 79.9 cm³/mol. The van der Waals surface area contributed by atoms with Crippen LogP contribution >= 0.6 is 0 Å². The minimum Gasteiger partial charge on any atom is -0.368 e. The molecule has 0 saturated heterocycles. The summed E-state index contributed by atoms with van der Waals surface area (Å²) in [5.74, 6) is 0.673. The average molecular weight is 269 g/mol. The molecule has 1 aliphatic rings. The number of primary amides is 1. The van der Waals surface area contributed by atoms with Crippen molar-refractivity contribution < 1.29 is 4.79 Å².